The van der Waals surface area contributed by atoms with E-state index in [9.17, 15) is 4.79 Å². The molecule has 4 N–H and O–H groups in total. The molecule has 0 bridgehead atoms. The smallest absolute Gasteiger partial charge is 0.298 e. The number of halogens is 1. The number of fused-ring (bicyclic) bond motifs is 1. The first kappa shape index (κ1) is 17.4. The van der Waals surface area contributed by atoms with Crippen molar-refractivity contribution < 1.29 is 10.5 Å². The van der Waals surface area contributed by atoms with Gasteiger partial charge in [-0.15, -0.1) is 0 Å². The lowest BCUT2D eigenvalue weighted by atomic mass is 10.0. The van der Waals surface area contributed by atoms with Crippen molar-refractivity contribution in [3.63, 3.8) is 0 Å². The number of quaternary nitrogens is 1. The summed E-state index contributed by atoms with van der Waals surface area (Å²) in [5.74, 6) is 0.213. The van der Waals surface area contributed by atoms with Gasteiger partial charge in [0.05, 0.1) is 11.7 Å². The highest BCUT2D eigenvalue weighted by atomic mass is 35.5. The lowest BCUT2D eigenvalue weighted by Gasteiger charge is -2.08. The Labute approximate surface area is 140 Å². The number of amides is 1. The van der Waals surface area contributed by atoms with Gasteiger partial charge in [0.2, 0.25) is 0 Å². The van der Waals surface area contributed by atoms with Crippen LogP contribution in [0.5, 0.6) is 0 Å². The normalized spacial score (nSPS) is 13.0. The highest BCUT2D eigenvalue weighted by molar-refractivity contribution is 6.32. The van der Waals surface area contributed by atoms with Gasteiger partial charge in [-0.3, -0.25) is 4.79 Å². The maximum Gasteiger partial charge on any atom is 0.298 e. The van der Waals surface area contributed by atoms with Crippen LogP contribution in [0.3, 0.4) is 0 Å². The van der Waals surface area contributed by atoms with Crippen LogP contribution >= 0.6 is 11.6 Å². The van der Waals surface area contributed by atoms with E-state index in [0.29, 0.717) is 16.6 Å². The quantitative estimate of drug-likeness (QED) is 0.500. The molecule has 1 heterocycles. The summed E-state index contributed by atoms with van der Waals surface area (Å²) in [5.41, 5.74) is 8.97. The molecule has 0 aliphatic carbocycles. The van der Waals surface area contributed by atoms with Crippen molar-refractivity contribution in [2.75, 3.05) is 0 Å². The summed E-state index contributed by atoms with van der Waals surface area (Å²) in [6.45, 7) is 6.11. The molecule has 6 heteroatoms. The first-order valence-corrected chi connectivity index (χ1v) is 7.97. The number of aromatic nitrogens is 1. The van der Waals surface area contributed by atoms with Crippen molar-refractivity contribution in [2.24, 2.45) is 11.0 Å². The number of rotatable bonds is 5. The van der Waals surface area contributed by atoms with Gasteiger partial charge in [0.1, 0.15) is 5.15 Å². The van der Waals surface area contributed by atoms with Crippen molar-refractivity contribution in [2.45, 2.75) is 33.2 Å². The number of nitrogens with zero attached hydrogens (tertiary/aromatic N) is 2. The number of hydrogen-bond acceptors (Lipinski definition) is 3. The van der Waals surface area contributed by atoms with Gasteiger partial charge in [0.25, 0.3) is 5.91 Å². The molecule has 1 atom stereocenters. The predicted octanol–water partition coefficient (Wildman–Crippen LogP) is 2.30. The summed E-state index contributed by atoms with van der Waals surface area (Å²) in [7, 11) is 0. The van der Waals surface area contributed by atoms with Crippen LogP contribution in [-0.4, -0.2) is 23.1 Å². The highest BCUT2D eigenvalue weighted by Gasteiger charge is 2.17. The average Bonchev–Trinajstić information content (AvgIpc) is 2.47. The van der Waals surface area contributed by atoms with Crippen molar-refractivity contribution in [3.05, 3.63) is 40.5 Å². The predicted molar refractivity (Wildman–Crippen MR) is 93.4 cm³/mol. The van der Waals surface area contributed by atoms with E-state index in [2.05, 4.69) is 35.1 Å². The Morgan fingerprint density at radius 3 is 2.87 bits per heavy atom. The van der Waals surface area contributed by atoms with Crippen LogP contribution in [0.25, 0.3) is 10.9 Å². The van der Waals surface area contributed by atoms with Gasteiger partial charge < -0.3 is 5.73 Å². The molecule has 2 rings (SSSR count). The second-order valence-corrected chi connectivity index (χ2v) is 6.48. The minimum absolute atomic E-state index is 0.199. The standard InChI is InChI=1S/C17H21ClN4O/c1-10(2)6-14(19)17(23)22-20-9-13-8-12-5-4-11(3)7-15(12)21-16(13)18/h4-5,7-10,14H,6,19H2,1-3H3,(H,22,23)/p+1/b20-9-/t14-/m1/s1. The van der Waals surface area contributed by atoms with E-state index in [4.69, 9.17) is 11.6 Å². The fraction of sp³-hybridized carbons (Fsp3) is 0.353. The van der Waals surface area contributed by atoms with Crippen LogP contribution in [-0.2, 0) is 4.79 Å². The maximum absolute atomic E-state index is 11.9. The van der Waals surface area contributed by atoms with Crippen LogP contribution in [0.15, 0.2) is 29.4 Å². The number of carbonyl (C=O) groups excluding carboxylic acids is 1. The number of hydrogen-bond donors (Lipinski definition) is 2. The molecule has 1 aromatic heterocycles. The maximum atomic E-state index is 11.9. The van der Waals surface area contributed by atoms with Crippen LogP contribution < -0.4 is 11.2 Å². The average molecular weight is 334 g/mol. The summed E-state index contributed by atoms with van der Waals surface area (Å²) in [4.78, 5) is 16.2. The zero-order valence-electron chi connectivity index (χ0n) is 13.6. The Kier molecular flexibility index (Phi) is 5.69. The van der Waals surface area contributed by atoms with E-state index in [1.165, 1.54) is 6.21 Å². The Morgan fingerprint density at radius 1 is 1.43 bits per heavy atom. The zero-order chi connectivity index (χ0) is 17.0. The molecule has 0 saturated carbocycles. The van der Waals surface area contributed by atoms with Crippen molar-refractivity contribution in [1.29, 1.82) is 0 Å². The molecule has 23 heavy (non-hydrogen) atoms. The number of carbonyl (C=O) groups is 1. The van der Waals surface area contributed by atoms with E-state index in [-0.39, 0.29) is 11.9 Å². The Balaban J connectivity index is 2.10. The molecule has 2 aromatic rings. The second kappa shape index (κ2) is 7.53. The number of hydrazone groups is 1. The molecule has 122 valence electrons. The highest BCUT2D eigenvalue weighted by Crippen LogP contribution is 2.20. The van der Waals surface area contributed by atoms with E-state index in [1.54, 1.807) is 0 Å². The van der Waals surface area contributed by atoms with E-state index < -0.39 is 0 Å². The van der Waals surface area contributed by atoms with Gasteiger partial charge in [0.15, 0.2) is 6.04 Å². The van der Waals surface area contributed by atoms with Crippen LogP contribution in [0.2, 0.25) is 5.15 Å². The molecular formula is C17H22ClN4O+. The monoisotopic (exact) mass is 333 g/mol. The molecule has 0 radical (unpaired) electrons. The zero-order valence-corrected chi connectivity index (χ0v) is 14.4. The Morgan fingerprint density at radius 2 is 2.17 bits per heavy atom. The molecule has 1 amide bonds. The van der Waals surface area contributed by atoms with Crippen LogP contribution in [0, 0.1) is 12.8 Å². The van der Waals surface area contributed by atoms with E-state index >= 15 is 0 Å². The molecule has 0 spiro atoms. The number of aryl methyl sites for hydroxylation is 1. The van der Waals surface area contributed by atoms with Gasteiger partial charge in [-0.2, -0.15) is 5.10 Å². The van der Waals surface area contributed by atoms with Gasteiger partial charge in [-0.25, -0.2) is 10.4 Å². The van der Waals surface area contributed by atoms with Crippen molar-refractivity contribution >= 4 is 34.6 Å². The SMILES string of the molecule is Cc1ccc2cc(/C=N\NC(=O)[C@H]([NH3+])CC(C)C)c(Cl)nc2c1. The Bertz CT molecular complexity index is 743. The fourth-order valence-corrected chi connectivity index (χ4v) is 2.49. The largest absolute Gasteiger partial charge is 0.347 e. The summed E-state index contributed by atoms with van der Waals surface area (Å²) < 4.78 is 0. The van der Waals surface area contributed by atoms with Crippen molar-refractivity contribution in [1.82, 2.24) is 10.4 Å². The fourth-order valence-electron chi connectivity index (χ4n) is 2.29. The number of pyridine rings is 1. The molecule has 0 aliphatic heterocycles. The first-order chi connectivity index (χ1) is 10.9. The van der Waals surface area contributed by atoms with Gasteiger partial charge in [-0.05, 0) is 30.5 Å². The summed E-state index contributed by atoms with van der Waals surface area (Å²) in [6, 6.07) is 7.55. The van der Waals surface area contributed by atoms with Gasteiger partial charge in [-0.1, -0.05) is 37.6 Å². The van der Waals surface area contributed by atoms with Crippen LogP contribution in [0.4, 0.5) is 0 Å². The minimum atomic E-state index is -0.319. The van der Waals surface area contributed by atoms with Crippen molar-refractivity contribution in [3.8, 4) is 0 Å². The van der Waals surface area contributed by atoms with E-state index in [1.807, 2.05) is 31.2 Å². The molecule has 0 aliphatic rings. The van der Waals surface area contributed by atoms with Gasteiger partial charge in [0, 0.05) is 17.4 Å². The molecule has 0 fully saturated rings. The Hall–Kier alpha value is -1.98. The third-order valence-corrected chi connectivity index (χ3v) is 3.76. The molecule has 0 saturated heterocycles. The second-order valence-electron chi connectivity index (χ2n) is 6.13. The molecule has 5 nitrogen and oxygen atoms in total. The third kappa shape index (κ3) is 4.74. The minimum Gasteiger partial charge on any atom is -0.347 e. The number of nitrogens with one attached hydrogen (secondary N) is 1. The molecular weight excluding hydrogens is 312 g/mol. The third-order valence-electron chi connectivity index (χ3n) is 3.46. The summed E-state index contributed by atoms with van der Waals surface area (Å²) >= 11 is 6.17. The topological polar surface area (TPSA) is 82.0 Å². The lowest BCUT2D eigenvalue weighted by molar-refractivity contribution is -0.406. The molecule has 1 aromatic carbocycles. The first-order valence-electron chi connectivity index (χ1n) is 7.59. The lowest BCUT2D eigenvalue weighted by Crippen LogP contribution is -2.67. The van der Waals surface area contributed by atoms with Crippen LogP contribution in [0.1, 0.15) is 31.4 Å². The summed E-state index contributed by atoms with van der Waals surface area (Å²) in [6.07, 6.45) is 2.23. The van der Waals surface area contributed by atoms with Gasteiger partial charge >= 0.3 is 0 Å². The molecule has 0 unspecified atom stereocenters. The summed E-state index contributed by atoms with van der Waals surface area (Å²) in [5, 5.41) is 5.30. The number of benzene rings is 1. The van der Waals surface area contributed by atoms with E-state index in [0.717, 1.165) is 22.9 Å².